The molecule has 3 saturated heterocycles. The van der Waals surface area contributed by atoms with E-state index in [0.717, 1.165) is 44.1 Å². The van der Waals surface area contributed by atoms with Gasteiger partial charge in [-0.3, -0.25) is 9.89 Å². The second-order valence-corrected chi connectivity index (χ2v) is 9.39. The molecule has 1 aromatic carbocycles. The van der Waals surface area contributed by atoms with Crippen molar-refractivity contribution in [1.82, 2.24) is 20.0 Å². The molecule has 2 atom stereocenters. The zero-order valence-corrected chi connectivity index (χ0v) is 21.7. The van der Waals surface area contributed by atoms with Gasteiger partial charge in [0.25, 0.3) is 0 Å². The summed E-state index contributed by atoms with van der Waals surface area (Å²) in [6, 6.07) is 11.7. The molecule has 3 aliphatic rings. The minimum Gasteiger partial charge on any atom is -0.356 e. The predicted molar refractivity (Wildman–Crippen MR) is 141 cm³/mol. The standard InChI is InChI=1S/C25H41N5.HI/c1-26-25(27-14-5-6-15-28-16-7-8-17-28)30-19-13-24-23(21-30)12-9-18-29(24)20-22-10-3-2-4-11-22;/h2-4,10-11,23-24H,5-9,12-21H2,1H3,(H,26,27);1H. The summed E-state index contributed by atoms with van der Waals surface area (Å²) in [5.74, 6) is 1.89. The normalized spacial score (nSPS) is 25.2. The first-order chi connectivity index (χ1) is 14.8. The van der Waals surface area contributed by atoms with Crippen molar-refractivity contribution >= 4 is 29.9 Å². The highest BCUT2D eigenvalue weighted by Gasteiger charge is 2.36. The first-order valence-corrected chi connectivity index (χ1v) is 12.3. The molecule has 2 unspecified atom stereocenters. The van der Waals surface area contributed by atoms with E-state index in [1.54, 1.807) is 0 Å². The minimum atomic E-state index is 0. The molecule has 4 rings (SSSR count). The number of nitrogens with zero attached hydrogens (tertiary/aromatic N) is 4. The summed E-state index contributed by atoms with van der Waals surface area (Å²) in [5.41, 5.74) is 1.45. The van der Waals surface area contributed by atoms with Crippen LogP contribution in [0.2, 0.25) is 0 Å². The highest BCUT2D eigenvalue weighted by Crippen LogP contribution is 2.31. The number of unbranched alkanes of at least 4 members (excludes halogenated alkanes) is 1. The van der Waals surface area contributed by atoms with Gasteiger partial charge < -0.3 is 15.1 Å². The molecule has 6 heteroatoms. The lowest BCUT2D eigenvalue weighted by molar-refractivity contribution is 0.0372. The smallest absolute Gasteiger partial charge is 0.193 e. The van der Waals surface area contributed by atoms with Gasteiger partial charge in [-0.05, 0) is 82.6 Å². The fourth-order valence-corrected chi connectivity index (χ4v) is 5.71. The van der Waals surface area contributed by atoms with Crippen LogP contribution < -0.4 is 5.32 Å². The van der Waals surface area contributed by atoms with Crippen LogP contribution in [0.15, 0.2) is 35.3 Å². The first-order valence-electron chi connectivity index (χ1n) is 12.3. The van der Waals surface area contributed by atoms with E-state index in [1.807, 2.05) is 7.05 Å². The summed E-state index contributed by atoms with van der Waals surface area (Å²) in [6.45, 7) is 9.57. The maximum Gasteiger partial charge on any atom is 0.193 e. The van der Waals surface area contributed by atoms with Gasteiger partial charge in [0.05, 0.1) is 0 Å². The molecule has 0 saturated carbocycles. The molecule has 31 heavy (non-hydrogen) atoms. The summed E-state index contributed by atoms with van der Waals surface area (Å²) in [5, 5.41) is 3.65. The summed E-state index contributed by atoms with van der Waals surface area (Å²) in [6.07, 6.45) is 9.26. The number of guanidine groups is 1. The predicted octanol–water partition coefficient (Wildman–Crippen LogP) is 4.04. The van der Waals surface area contributed by atoms with Crippen LogP contribution in [0.1, 0.15) is 50.5 Å². The molecule has 0 aliphatic carbocycles. The van der Waals surface area contributed by atoms with Crippen LogP contribution in [0, 0.1) is 5.92 Å². The zero-order valence-electron chi connectivity index (χ0n) is 19.3. The van der Waals surface area contributed by atoms with Gasteiger partial charge in [-0.25, -0.2) is 0 Å². The largest absolute Gasteiger partial charge is 0.356 e. The van der Waals surface area contributed by atoms with Crippen molar-refractivity contribution in [2.24, 2.45) is 10.9 Å². The number of fused-ring (bicyclic) bond motifs is 1. The molecule has 0 radical (unpaired) electrons. The molecule has 5 nitrogen and oxygen atoms in total. The third kappa shape index (κ3) is 7.06. The van der Waals surface area contributed by atoms with E-state index in [0.29, 0.717) is 0 Å². The van der Waals surface area contributed by atoms with Crippen LogP contribution in [-0.4, -0.2) is 79.6 Å². The Balaban J connectivity index is 0.00000272. The van der Waals surface area contributed by atoms with E-state index in [1.165, 1.54) is 76.7 Å². The molecule has 0 bridgehead atoms. The van der Waals surface area contributed by atoms with Crippen molar-refractivity contribution in [3.8, 4) is 0 Å². The Hall–Kier alpha value is -0.860. The minimum absolute atomic E-state index is 0. The molecule has 3 heterocycles. The third-order valence-electron chi connectivity index (χ3n) is 7.31. The van der Waals surface area contributed by atoms with E-state index < -0.39 is 0 Å². The van der Waals surface area contributed by atoms with E-state index in [9.17, 15) is 0 Å². The van der Waals surface area contributed by atoms with E-state index in [-0.39, 0.29) is 24.0 Å². The number of aliphatic imine (C=N–C) groups is 1. The summed E-state index contributed by atoms with van der Waals surface area (Å²) in [7, 11) is 1.95. The van der Waals surface area contributed by atoms with E-state index >= 15 is 0 Å². The van der Waals surface area contributed by atoms with Crippen LogP contribution in [0.5, 0.6) is 0 Å². The number of nitrogens with one attached hydrogen (secondary N) is 1. The van der Waals surface area contributed by atoms with Crippen LogP contribution in [-0.2, 0) is 6.54 Å². The number of hydrogen-bond donors (Lipinski definition) is 1. The topological polar surface area (TPSA) is 34.1 Å². The Morgan fingerprint density at radius 3 is 2.58 bits per heavy atom. The molecule has 174 valence electrons. The van der Waals surface area contributed by atoms with Crippen LogP contribution in [0.3, 0.4) is 0 Å². The van der Waals surface area contributed by atoms with Gasteiger partial charge >= 0.3 is 0 Å². The van der Waals surface area contributed by atoms with Crippen LogP contribution in [0.25, 0.3) is 0 Å². The van der Waals surface area contributed by atoms with Gasteiger partial charge in [0.2, 0.25) is 0 Å². The average molecular weight is 540 g/mol. The lowest BCUT2D eigenvalue weighted by Crippen LogP contribution is -2.56. The lowest BCUT2D eigenvalue weighted by Gasteiger charge is -2.48. The monoisotopic (exact) mass is 539 g/mol. The second-order valence-electron chi connectivity index (χ2n) is 9.39. The quantitative estimate of drug-likeness (QED) is 0.246. The van der Waals surface area contributed by atoms with Crippen molar-refractivity contribution < 1.29 is 0 Å². The van der Waals surface area contributed by atoms with Crippen molar-refractivity contribution in [1.29, 1.82) is 0 Å². The molecule has 1 aromatic rings. The second kappa shape index (κ2) is 13.0. The Bertz CT molecular complexity index is 661. The fourth-order valence-electron chi connectivity index (χ4n) is 5.71. The molecule has 0 spiro atoms. The number of rotatable bonds is 7. The summed E-state index contributed by atoms with van der Waals surface area (Å²) >= 11 is 0. The number of piperidine rings is 2. The van der Waals surface area contributed by atoms with E-state index in [2.05, 4.69) is 55.3 Å². The van der Waals surface area contributed by atoms with Crippen molar-refractivity contribution in [2.75, 3.05) is 52.9 Å². The third-order valence-corrected chi connectivity index (χ3v) is 7.31. The fraction of sp³-hybridized carbons (Fsp3) is 0.720. The number of benzene rings is 1. The number of halogens is 1. The molecular formula is C25H42IN5. The SMILES string of the molecule is CN=C(NCCCCN1CCCC1)N1CCC2C(CCCN2Cc2ccccc2)C1.I. The van der Waals surface area contributed by atoms with Crippen LogP contribution >= 0.6 is 24.0 Å². The average Bonchev–Trinajstić information content (AvgIpc) is 3.30. The lowest BCUT2D eigenvalue weighted by atomic mass is 9.83. The molecule has 3 fully saturated rings. The van der Waals surface area contributed by atoms with Gasteiger partial charge in [-0.1, -0.05) is 30.3 Å². The van der Waals surface area contributed by atoms with E-state index in [4.69, 9.17) is 0 Å². The molecule has 1 N–H and O–H groups in total. The Labute approximate surface area is 206 Å². The van der Waals surface area contributed by atoms with Crippen molar-refractivity contribution in [2.45, 2.75) is 57.5 Å². The Morgan fingerprint density at radius 2 is 1.81 bits per heavy atom. The molecule has 3 aliphatic heterocycles. The maximum atomic E-state index is 4.62. The highest BCUT2D eigenvalue weighted by atomic mass is 127. The first kappa shape index (κ1) is 24.8. The maximum absolute atomic E-state index is 4.62. The van der Waals surface area contributed by atoms with Gasteiger partial charge in [0, 0.05) is 39.3 Å². The highest BCUT2D eigenvalue weighted by molar-refractivity contribution is 14.0. The van der Waals surface area contributed by atoms with Gasteiger partial charge in [-0.2, -0.15) is 0 Å². The molecule has 0 amide bonds. The van der Waals surface area contributed by atoms with Crippen molar-refractivity contribution in [3.63, 3.8) is 0 Å². The Morgan fingerprint density at radius 1 is 1.00 bits per heavy atom. The Kier molecular flexibility index (Phi) is 10.4. The molecular weight excluding hydrogens is 497 g/mol. The van der Waals surface area contributed by atoms with Gasteiger partial charge in [0.1, 0.15) is 0 Å². The number of hydrogen-bond acceptors (Lipinski definition) is 3. The van der Waals surface area contributed by atoms with Crippen molar-refractivity contribution in [3.05, 3.63) is 35.9 Å². The summed E-state index contributed by atoms with van der Waals surface area (Å²) < 4.78 is 0. The zero-order chi connectivity index (χ0) is 20.6. The molecule has 0 aromatic heterocycles. The number of likely N-dealkylation sites (tertiary alicyclic amines) is 3. The summed E-state index contributed by atoms with van der Waals surface area (Å²) in [4.78, 5) is 12.5. The van der Waals surface area contributed by atoms with Gasteiger partial charge in [-0.15, -0.1) is 24.0 Å². The van der Waals surface area contributed by atoms with Crippen LogP contribution in [0.4, 0.5) is 0 Å². The van der Waals surface area contributed by atoms with Gasteiger partial charge in [0.15, 0.2) is 5.96 Å².